The third-order valence-electron chi connectivity index (χ3n) is 6.42. The zero-order valence-corrected chi connectivity index (χ0v) is 20.5. The minimum absolute atomic E-state index is 0. The van der Waals surface area contributed by atoms with Gasteiger partial charge in [0.2, 0.25) is 0 Å². The fourth-order valence-corrected chi connectivity index (χ4v) is 4.55. The van der Waals surface area contributed by atoms with Gasteiger partial charge in [0.1, 0.15) is 18.1 Å². The Morgan fingerprint density at radius 1 is 0.912 bits per heavy atom. The molecule has 0 bridgehead atoms. The first-order valence-corrected chi connectivity index (χ1v) is 11.8. The van der Waals surface area contributed by atoms with Gasteiger partial charge in [0.15, 0.2) is 0 Å². The zero-order valence-electron chi connectivity index (χ0n) is 19.7. The molecule has 0 unspecified atom stereocenters. The number of phenols is 1. The van der Waals surface area contributed by atoms with Crippen LogP contribution in [0.1, 0.15) is 42.4 Å². The highest BCUT2D eigenvalue weighted by Crippen LogP contribution is 2.36. The average molecular weight is 480 g/mol. The lowest BCUT2D eigenvalue weighted by Crippen LogP contribution is -2.30. The van der Waals surface area contributed by atoms with Crippen molar-refractivity contribution in [1.29, 1.82) is 0 Å². The van der Waals surface area contributed by atoms with Crippen molar-refractivity contribution < 1.29 is 14.9 Å². The summed E-state index contributed by atoms with van der Waals surface area (Å²) in [5.74, 6) is 1.12. The Hall–Kier alpha value is -2.79. The van der Waals surface area contributed by atoms with Crippen LogP contribution in [0.2, 0.25) is 0 Å². The predicted molar refractivity (Wildman–Crippen MR) is 142 cm³/mol. The number of ether oxygens (including phenoxy) is 1. The molecule has 34 heavy (non-hydrogen) atoms. The maximum absolute atomic E-state index is 9.84. The summed E-state index contributed by atoms with van der Waals surface area (Å²) in [6, 6.07) is 26.5. The number of halogens is 1. The maximum atomic E-state index is 9.84. The summed E-state index contributed by atoms with van der Waals surface area (Å²) in [5.41, 5.74) is 5.54. The highest BCUT2D eigenvalue weighted by atomic mass is 35.5. The second-order valence-electron chi connectivity index (χ2n) is 8.71. The van der Waals surface area contributed by atoms with Crippen LogP contribution in [0.3, 0.4) is 0 Å². The number of allylic oxidation sites excluding steroid dienone is 1. The van der Waals surface area contributed by atoms with Crippen LogP contribution in [0.15, 0.2) is 78.9 Å². The van der Waals surface area contributed by atoms with Gasteiger partial charge >= 0.3 is 0 Å². The molecule has 3 aromatic carbocycles. The highest BCUT2D eigenvalue weighted by molar-refractivity contribution is 5.98. The van der Waals surface area contributed by atoms with E-state index in [0.29, 0.717) is 19.1 Å². The number of aromatic hydroxyl groups is 1. The van der Waals surface area contributed by atoms with E-state index in [0.717, 1.165) is 41.0 Å². The largest absolute Gasteiger partial charge is 0.508 e. The molecule has 0 amide bonds. The van der Waals surface area contributed by atoms with E-state index in [9.17, 15) is 10.2 Å². The lowest BCUT2D eigenvalue weighted by atomic mass is 9.87. The summed E-state index contributed by atoms with van der Waals surface area (Å²) in [5, 5.41) is 19.4. The summed E-state index contributed by atoms with van der Waals surface area (Å²) in [6.07, 6.45) is 3.86. The van der Waals surface area contributed by atoms with Gasteiger partial charge in [0.25, 0.3) is 0 Å². The van der Waals surface area contributed by atoms with Gasteiger partial charge in [-0.15, -0.1) is 12.4 Å². The van der Waals surface area contributed by atoms with Crippen LogP contribution >= 0.6 is 12.4 Å². The minimum Gasteiger partial charge on any atom is -0.508 e. The predicted octanol–water partition coefficient (Wildman–Crippen LogP) is 6.02. The standard InChI is InChI=1S/C29H33NO3.ClH/c1-30-19-5-9-25(30)21-33-27-17-13-24(14-18-27)29(23-11-15-26(32)16-12-23)28(10-6-20-31)22-7-3-2-4-8-22;/h2-4,7-8,11-18,25,31-32H,5-6,9-10,19-21H2,1H3;1H/b29-28-;/t25-;/m1./s1. The van der Waals surface area contributed by atoms with E-state index in [1.54, 1.807) is 12.1 Å². The van der Waals surface area contributed by atoms with Crippen LogP contribution in [0.5, 0.6) is 11.5 Å². The SMILES string of the molecule is CN1CCC[C@@H]1COc1ccc(/C(=C(/CCCO)c2ccccc2)c2ccc(O)cc2)cc1.Cl. The number of hydrogen-bond acceptors (Lipinski definition) is 4. The van der Waals surface area contributed by atoms with E-state index in [1.807, 2.05) is 42.5 Å². The van der Waals surface area contributed by atoms with Gasteiger partial charge in [-0.25, -0.2) is 0 Å². The Morgan fingerprint density at radius 3 is 2.15 bits per heavy atom. The summed E-state index contributed by atoms with van der Waals surface area (Å²) < 4.78 is 6.10. The average Bonchev–Trinajstić information content (AvgIpc) is 3.27. The van der Waals surface area contributed by atoms with E-state index in [2.05, 4.69) is 36.2 Å². The van der Waals surface area contributed by atoms with Crippen molar-refractivity contribution in [3.8, 4) is 11.5 Å². The van der Waals surface area contributed by atoms with Gasteiger partial charge < -0.3 is 19.8 Å². The molecule has 0 spiro atoms. The number of likely N-dealkylation sites (tertiary alicyclic amines) is 1. The molecule has 3 aromatic rings. The number of aliphatic hydroxyl groups is 1. The Labute approximate surface area is 208 Å². The number of nitrogens with zero attached hydrogens (tertiary/aromatic N) is 1. The third kappa shape index (κ3) is 6.41. The Balaban J connectivity index is 0.00000324. The van der Waals surface area contributed by atoms with Crippen molar-refractivity contribution in [3.63, 3.8) is 0 Å². The molecule has 0 aromatic heterocycles. The van der Waals surface area contributed by atoms with E-state index in [-0.39, 0.29) is 24.8 Å². The molecular formula is C29H34ClNO3. The Bertz CT molecular complexity index is 1050. The van der Waals surface area contributed by atoms with Gasteiger partial charge in [0.05, 0.1) is 0 Å². The Kier molecular flexibility index (Phi) is 9.58. The molecule has 4 rings (SSSR count). The molecule has 1 fully saturated rings. The van der Waals surface area contributed by atoms with Crippen molar-refractivity contribution in [2.75, 3.05) is 26.8 Å². The van der Waals surface area contributed by atoms with E-state index in [4.69, 9.17) is 4.74 Å². The molecule has 4 nitrogen and oxygen atoms in total. The van der Waals surface area contributed by atoms with Crippen LogP contribution in [-0.4, -0.2) is 48.0 Å². The number of phenolic OH excluding ortho intramolecular Hbond substituents is 1. The fraction of sp³-hybridized carbons (Fsp3) is 0.310. The maximum Gasteiger partial charge on any atom is 0.119 e. The van der Waals surface area contributed by atoms with Gasteiger partial charge in [-0.2, -0.15) is 0 Å². The molecule has 180 valence electrons. The number of likely N-dealkylation sites (N-methyl/N-ethyl adjacent to an activating group) is 1. The molecule has 0 aliphatic carbocycles. The molecule has 1 heterocycles. The number of benzene rings is 3. The van der Waals surface area contributed by atoms with Crippen molar-refractivity contribution in [2.24, 2.45) is 0 Å². The van der Waals surface area contributed by atoms with Crippen LogP contribution in [0.4, 0.5) is 0 Å². The first-order chi connectivity index (χ1) is 16.2. The van der Waals surface area contributed by atoms with Gasteiger partial charge in [-0.05, 0) is 91.4 Å². The number of hydrogen-bond donors (Lipinski definition) is 2. The van der Waals surface area contributed by atoms with E-state index in [1.165, 1.54) is 18.4 Å². The first-order valence-electron chi connectivity index (χ1n) is 11.8. The van der Waals surface area contributed by atoms with Crippen molar-refractivity contribution in [3.05, 3.63) is 95.6 Å². The van der Waals surface area contributed by atoms with Crippen LogP contribution in [0, 0.1) is 0 Å². The number of rotatable bonds is 9. The molecule has 1 aliphatic rings. The number of aliphatic hydroxyl groups excluding tert-OH is 1. The van der Waals surface area contributed by atoms with Gasteiger partial charge in [-0.3, -0.25) is 0 Å². The first kappa shape index (κ1) is 25.8. The monoisotopic (exact) mass is 479 g/mol. The van der Waals surface area contributed by atoms with E-state index >= 15 is 0 Å². The molecule has 1 atom stereocenters. The van der Waals surface area contributed by atoms with Crippen LogP contribution in [0.25, 0.3) is 11.1 Å². The molecule has 2 N–H and O–H groups in total. The molecule has 0 radical (unpaired) electrons. The van der Waals surface area contributed by atoms with Crippen molar-refractivity contribution in [2.45, 2.75) is 31.7 Å². The second-order valence-corrected chi connectivity index (χ2v) is 8.71. The summed E-state index contributed by atoms with van der Waals surface area (Å²) in [4.78, 5) is 2.37. The van der Waals surface area contributed by atoms with Gasteiger partial charge in [0, 0.05) is 12.6 Å². The van der Waals surface area contributed by atoms with E-state index < -0.39 is 0 Å². The fourth-order valence-electron chi connectivity index (χ4n) is 4.55. The molecule has 1 aliphatic heterocycles. The minimum atomic E-state index is 0. The second kappa shape index (κ2) is 12.6. The lowest BCUT2D eigenvalue weighted by molar-refractivity contribution is 0.198. The topological polar surface area (TPSA) is 52.9 Å². The van der Waals surface area contributed by atoms with Crippen molar-refractivity contribution in [1.82, 2.24) is 4.90 Å². The molecule has 5 heteroatoms. The quantitative estimate of drug-likeness (QED) is 0.368. The van der Waals surface area contributed by atoms with Gasteiger partial charge in [-0.1, -0.05) is 54.6 Å². The lowest BCUT2D eigenvalue weighted by Gasteiger charge is -2.20. The molecule has 0 saturated carbocycles. The summed E-state index contributed by atoms with van der Waals surface area (Å²) >= 11 is 0. The zero-order chi connectivity index (χ0) is 23.0. The van der Waals surface area contributed by atoms with Crippen molar-refractivity contribution >= 4 is 23.6 Å². The third-order valence-corrected chi connectivity index (χ3v) is 6.42. The Morgan fingerprint density at radius 2 is 1.56 bits per heavy atom. The normalized spacial score (nSPS) is 16.6. The summed E-state index contributed by atoms with van der Waals surface area (Å²) in [7, 11) is 2.16. The van der Waals surface area contributed by atoms with Crippen LogP contribution < -0.4 is 4.74 Å². The molecular weight excluding hydrogens is 446 g/mol. The summed E-state index contributed by atoms with van der Waals surface area (Å²) in [6.45, 7) is 1.99. The molecule has 1 saturated heterocycles. The van der Waals surface area contributed by atoms with Crippen LogP contribution in [-0.2, 0) is 0 Å². The smallest absolute Gasteiger partial charge is 0.119 e. The highest BCUT2D eigenvalue weighted by Gasteiger charge is 2.21.